The Labute approximate surface area is 181 Å². The van der Waals surface area contributed by atoms with Gasteiger partial charge in [0.2, 0.25) is 0 Å². The van der Waals surface area contributed by atoms with Gasteiger partial charge < -0.3 is 17.0 Å². The minimum Gasteiger partial charge on any atom is -1.00 e. The van der Waals surface area contributed by atoms with E-state index in [4.69, 9.17) is 0 Å². The lowest BCUT2D eigenvalue weighted by Crippen LogP contribution is -3.00. The van der Waals surface area contributed by atoms with Crippen LogP contribution in [0.3, 0.4) is 0 Å². The van der Waals surface area contributed by atoms with Crippen molar-refractivity contribution in [3.05, 3.63) is 29.6 Å². The SMILES string of the molecule is CCCCCCCCCCCCCCCCCC[n+]1ccc(C)cc1C.[Br-]. The molecular formula is C25H46BrN. The van der Waals surface area contributed by atoms with Crippen molar-refractivity contribution in [2.45, 2.75) is 130 Å². The predicted molar refractivity (Wildman–Crippen MR) is 116 cm³/mol. The molecule has 0 aliphatic heterocycles. The van der Waals surface area contributed by atoms with Crippen molar-refractivity contribution >= 4 is 0 Å². The van der Waals surface area contributed by atoms with Gasteiger partial charge in [0.1, 0.15) is 6.54 Å². The molecular weight excluding hydrogens is 394 g/mol. The van der Waals surface area contributed by atoms with Crippen molar-refractivity contribution in [3.63, 3.8) is 0 Å². The summed E-state index contributed by atoms with van der Waals surface area (Å²) >= 11 is 0. The molecule has 0 N–H and O–H groups in total. The first-order valence-corrected chi connectivity index (χ1v) is 11.7. The molecule has 0 bridgehead atoms. The molecule has 1 nitrogen and oxygen atoms in total. The van der Waals surface area contributed by atoms with Gasteiger partial charge in [-0.25, -0.2) is 4.57 Å². The molecule has 0 saturated carbocycles. The zero-order valence-electron chi connectivity index (χ0n) is 18.6. The maximum absolute atomic E-state index is 2.40. The number of unbranched alkanes of at least 4 members (excludes halogenated alkanes) is 15. The number of nitrogens with zero attached hydrogens (tertiary/aromatic N) is 1. The van der Waals surface area contributed by atoms with Gasteiger partial charge in [-0.2, -0.15) is 0 Å². The van der Waals surface area contributed by atoms with E-state index in [1.54, 1.807) is 0 Å². The molecule has 0 aliphatic rings. The van der Waals surface area contributed by atoms with Crippen molar-refractivity contribution in [1.29, 1.82) is 0 Å². The Morgan fingerprint density at radius 3 is 1.44 bits per heavy atom. The van der Waals surface area contributed by atoms with E-state index in [0.29, 0.717) is 0 Å². The highest BCUT2D eigenvalue weighted by molar-refractivity contribution is 5.08. The van der Waals surface area contributed by atoms with Crippen molar-refractivity contribution in [1.82, 2.24) is 0 Å². The van der Waals surface area contributed by atoms with Gasteiger partial charge in [-0.05, 0) is 18.9 Å². The predicted octanol–water partition coefficient (Wildman–Crippen LogP) is 4.86. The van der Waals surface area contributed by atoms with Crippen LogP contribution < -0.4 is 21.5 Å². The third-order valence-electron chi connectivity index (χ3n) is 5.66. The van der Waals surface area contributed by atoms with E-state index in [2.05, 4.69) is 43.7 Å². The summed E-state index contributed by atoms with van der Waals surface area (Å²) < 4.78 is 2.40. The molecule has 0 atom stereocenters. The number of hydrogen-bond acceptors (Lipinski definition) is 0. The Morgan fingerprint density at radius 1 is 0.630 bits per heavy atom. The Kier molecular flexibility index (Phi) is 18.7. The van der Waals surface area contributed by atoms with E-state index < -0.39 is 0 Å². The van der Waals surface area contributed by atoms with Gasteiger partial charge in [0.15, 0.2) is 11.9 Å². The number of hydrogen-bond donors (Lipinski definition) is 0. The molecule has 0 spiro atoms. The Morgan fingerprint density at radius 2 is 1.04 bits per heavy atom. The monoisotopic (exact) mass is 439 g/mol. The van der Waals surface area contributed by atoms with Crippen LogP contribution in [0.15, 0.2) is 18.3 Å². The van der Waals surface area contributed by atoms with Gasteiger partial charge in [-0.15, -0.1) is 0 Å². The second-order valence-electron chi connectivity index (χ2n) is 8.34. The first-order chi connectivity index (χ1) is 12.7. The van der Waals surface area contributed by atoms with E-state index in [9.17, 15) is 0 Å². The summed E-state index contributed by atoms with van der Waals surface area (Å²) in [6, 6.07) is 4.51. The molecule has 0 aromatic carbocycles. The summed E-state index contributed by atoms with van der Waals surface area (Å²) in [4.78, 5) is 0. The summed E-state index contributed by atoms with van der Waals surface area (Å²) in [7, 11) is 0. The average Bonchev–Trinajstić information content (AvgIpc) is 2.63. The molecule has 158 valence electrons. The van der Waals surface area contributed by atoms with Crippen LogP contribution in [-0.4, -0.2) is 0 Å². The van der Waals surface area contributed by atoms with E-state index in [1.165, 1.54) is 121 Å². The van der Waals surface area contributed by atoms with Gasteiger partial charge in [0.05, 0.1) is 0 Å². The molecule has 0 unspecified atom stereocenters. The minimum absolute atomic E-state index is 0. The van der Waals surface area contributed by atoms with E-state index in [0.717, 1.165) is 0 Å². The lowest BCUT2D eigenvalue weighted by atomic mass is 10.0. The highest BCUT2D eigenvalue weighted by Gasteiger charge is 2.05. The molecule has 0 fully saturated rings. The number of halogens is 1. The van der Waals surface area contributed by atoms with Crippen LogP contribution in [0.4, 0.5) is 0 Å². The second-order valence-corrected chi connectivity index (χ2v) is 8.34. The van der Waals surface area contributed by atoms with Crippen molar-refractivity contribution in [2.75, 3.05) is 0 Å². The normalized spacial score (nSPS) is 10.8. The third kappa shape index (κ3) is 15.3. The smallest absolute Gasteiger partial charge is 0.178 e. The first kappa shape index (κ1) is 26.6. The number of pyridine rings is 1. The molecule has 1 aromatic heterocycles. The summed E-state index contributed by atoms with van der Waals surface area (Å²) in [5.74, 6) is 0. The van der Waals surface area contributed by atoms with E-state index >= 15 is 0 Å². The molecule has 0 radical (unpaired) electrons. The van der Waals surface area contributed by atoms with Crippen LogP contribution >= 0.6 is 0 Å². The molecule has 2 heteroatoms. The third-order valence-corrected chi connectivity index (χ3v) is 5.66. The van der Waals surface area contributed by atoms with Crippen LogP contribution in [0.2, 0.25) is 0 Å². The lowest BCUT2D eigenvalue weighted by molar-refractivity contribution is -0.703. The largest absolute Gasteiger partial charge is 1.00 e. The van der Waals surface area contributed by atoms with Crippen molar-refractivity contribution in [2.24, 2.45) is 0 Å². The van der Waals surface area contributed by atoms with Crippen LogP contribution in [0.1, 0.15) is 121 Å². The topological polar surface area (TPSA) is 3.88 Å². The number of aryl methyl sites for hydroxylation is 3. The number of rotatable bonds is 17. The summed E-state index contributed by atoms with van der Waals surface area (Å²) in [5, 5.41) is 0. The maximum atomic E-state index is 2.40. The fourth-order valence-corrected chi connectivity index (χ4v) is 3.87. The van der Waals surface area contributed by atoms with Crippen LogP contribution in [0.25, 0.3) is 0 Å². The summed E-state index contributed by atoms with van der Waals surface area (Å²) in [6.07, 6.45) is 25.3. The van der Waals surface area contributed by atoms with Crippen molar-refractivity contribution < 1.29 is 21.5 Å². The molecule has 1 aromatic rings. The van der Waals surface area contributed by atoms with Gasteiger partial charge in [0.25, 0.3) is 0 Å². The second kappa shape index (κ2) is 19.0. The fraction of sp³-hybridized carbons (Fsp3) is 0.800. The number of aromatic nitrogens is 1. The fourth-order valence-electron chi connectivity index (χ4n) is 3.87. The van der Waals surface area contributed by atoms with Crippen molar-refractivity contribution in [3.8, 4) is 0 Å². The zero-order valence-corrected chi connectivity index (χ0v) is 20.2. The molecule has 1 rings (SSSR count). The standard InChI is InChI=1S/C25H46N.BrH/c1-4-5-6-7-8-9-10-11-12-13-14-15-16-17-18-19-21-26-22-20-24(2)23-25(26)3;/h20,22-23H,4-19,21H2,1-3H3;1H/q+1;/p-1. The van der Waals surface area contributed by atoms with Crippen LogP contribution in [0.5, 0.6) is 0 Å². The van der Waals surface area contributed by atoms with Crippen LogP contribution in [0, 0.1) is 13.8 Å². The van der Waals surface area contributed by atoms with Gasteiger partial charge in [0, 0.05) is 25.5 Å². The molecule has 27 heavy (non-hydrogen) atoms. The quantitative estimate of drug-likeness (QED) is 0.241. The summed E-state index contributed by atoms with van der Waals surface area (Å²) in [5.41, 5.74) is 2.76. The van der Waals surface area contributed by atoms with Gasteiger partial charge in [-0.1, -0.05) is 96.8 Å². The molecule has 1 heterocycles. The zero-order chi connectivity index (χ0) is 18.9. The van der Waals surface area contributed by atoms with E-state index in [-0.39, 0.29) is 17.0 Å². The maximum Gasteiger partial charge on any atom is 0.178 e. The highest BCUT2D eigenvalue weighted by Crippen LogP contribution is 2.13. The van der Waals surface area contributed by atoms with E-state index in [1.807, 2.05) is 0 Å². The van der Waals surface area contributed by atoms with Gasteiger partial charge in [-0.3, -0.25) is 0 Å². The Bertz CT molecular complexity index is 444. The average molecular weight is 441 g/mol. The van der Waals surface area contributed by atoms with Crippen LogP contribution in [-0.2, 0) is 6.54 Å². The molecule has 0 aliphatic carbocycles. The Hall–Kier alpha value is -0.370. The molecule has 0 amide bonds. The van der Waals surface area contributed by atoms with Gasteiger partial charge >= 0.3 is 0 Å². The lowest BCUT2D eigenvalue weighted by Gasteiger charge is -2.04. The first-order valence-electron chi connectivity index (χ1n) is 11.7. The molecule has 0 saturated heterocycles. The minimum atomic E-state index is 0. The Balaban J connectivity index is 0.00000676. The summed E-state index contributed by atoms with van der Waals surface area (Å²) in [6.45, 7) is 7.88. The highest BCUT2D eigenvalue weighted by atomic mass is 79.9.